The van der Waals surface area contributed by atoms with E-state index < -0.39 is 32.9 Å². The Labute approximate surface area is 195 Å². The van der Waals surface area contributed by atoms with Crippen molar-refractivity contribution in [3.8, 4) is 11.4 Å². The summed E-state index contributed by atoms with van der Waals surface area (Å²) < 4.78 is 34.2. The lowest BCUT2D eigenvalue weighted by Crippen LogP contribution is -2.46. The van der Waals surface area contributed by atoms with Gasteiger partial charge in [-0.1, -0.05) is 12.1 Å². The Balaban J connectivity index is 1.73. The van der Waals surface area contributed by atoms with E-state index in [-0.39, 0.29) is 17.2 Å². The molecule has 0 fully saturated rings. The molecule has 3 aromatic rings. The number of benzene rings is 2. The van der Waals surface area contributed by atoms with Crippen LogP contribution in [0.25, 0.3) is 5.69 Å². The summed E-state index contributed by atoms with van der Waals surface area (Å²) in [6.07, 6.45) is 3.00. The van der Waals surface area contributed by atoms with Crippen molar-refractivity contribution in [2.45, 2.75) is 43.9 Å². The molecule has 5 rings (SSSR count). The van der Waals surface area contributed by atoms with Gasteiger partial charge in [0.1, 0.15) is 17.4 Å². The summed E-state index contributed by atoms with van der Waals surface area (Å²) in [4.78, 5) is 38.6. The van der Waals surface area contributed by atoms with Gasteiger partial charge in [-0.15, -0.1) is 0 Å². The molecule has 2 aliphatic rings. The Morgan fingerprint density at radius 2 is 1.74 bits per heavy atom. The minimum absolute atomic E-state index is 0.109. The lowest BCUT2D eigenvalue weighted by molar-refractivity contribution is 0.101. The lowest BCUT2D eigenvalue weighted by Gasteiger charge is -2.42. The van der Waals surface area contributed by atoms with Crippen LogP contribution in [0, 0.1) is 0 Å². The molecule has 3 heterocycles. The van der Waals surface area contributed by atoms with Crippen molar-refractivity contribution < 1.29 is 17.9 Å². The topological polar surface area (TPSA) is 109 Å². The Kier molecular flexibility index (Phi) is 4.67. The third kappa shape index (κ3) is 3.20. The molecule has 0 saturated heterocycles. The van der Waals surface area contributed by atoms with Gasteiger partial charge in [-0.25, -0.2) is 31.9 Å². The maximum Gasteiger partial charge on any atom is 0.352 e. The SMILES string of the molecule is CC(=O)c1ccc(-n2c(=O)n3n(c2=O)C2C(=CC3)C(C)(C)Oc3cc(S(C)(=O)=O)ccc32)cc1. The molecule has 34 heavy (non-hydrogen) atoms. The number of ketones is 1. The molecule has 0 spiro atoms. The molecule has 0 radical (unpaired) electrons. The summed E-state index contributed by atoms with van der Waals surface area (Å²) in [5, 5.41) is 0. The number of aromatic nitrogens is 3. The van der Waals surface area contributed by atoms with Crippen LogP contribution in [-0.4, -0.2) is 40.0 Å². The van der Waals surface area contributed by atoms with Gasteiger partial charge in [-0.05, 0) is 62.7 Å². The first kappa shape index (κ1) is 22.1. The van der Waals surface area contributed by atoms with Crippen LogP contribution >= 0.6 is 0 Å². The Morgan fingerprint density at radius 3 is 2.35 bits per heavy atom. The fraction of sp³-hybridized carbons (Fsp3) is 0.292. The van der Waals surface area contributed by atoms with Gasteiger partial charge >= 0.3 is 11.4 Å². The molecule has 0 amide bonds. The van der Waals surface area contributed by atoms with Crippen LogP contribution in [0.15, 0.2) is 68.6 Å². The van der Waals surface area contributed by atoms with E-state index >= 15 is 0 Å². The van der Waals surface area contributed by atoms with Gasteiger partial charge < -0.3 is 4.74 Å². The molecular formula is C24H23N3O6S. The van der Waals surface area contributed by atoms with Crippen LogP contribution in [0.2, 0.25) is 0 Å². The molecule has 10 heteroatoms. The molecule has 176 valence electrons. The van der Waals surface area contributed by atoms with Crippen molar-refractivity contribution in [3.63, 3.8) is 0 Å². The van der Waals surface area contributed by atoms with Crippen LogP contribution < -0.4 is 16.1 Å². The zero-order valence-electron chi connectivity index (χ0n) is 19.1. The van der Waals surface area contributed by atoms with Crippen LogP contribution in [-0.2, 0) is 16.4 Å². The second-order valence-corrected chi connectivity index (χ2v) is 11.1. The van der Waals surface area contributed by atoms with Crippen LogP contribution in [0.1, 0.15) is 42.7 Å². The largest absolute Gasteiger partial charge is 0.483 e. The van der Waals surface area contributed by atoms with E-state index in [1.807, 2.05) is 19.9 Å². The summed E-state index contributed by atoms with van der Waals surface area (Å²) >= 11 is 0. The number of sulfone groups is 1. The van der Waals surface area contributed by atoms with E-state index in [4.69, 9.17) is 4.74 Å². The standard InChI is InChI=1S/C24H23N3O6S/c1-14(28)15-5-7-16(8-6-15)26-22(29)25-12-11-19-21(27(25)23(26)30)18-10-9-17(34(4,31)32)13-20(18)33-24(19,2)3/h5-11,13,21H,12H2,1-4H3. The van der Waals surface area contributed by atoms with E-state index in [2.05, 4.69) is 0 Å². The molecule has 2 aromatic carbocycles. The summed E-state index contributed by atoms with van der Waals surface area (Å²) in [6, 6.07) is 10.2. The first-order valence-electron chi connectivity index (χ1n) is 10.7. The summed E-state index contributed by atoms with van der Waals surface area (Å²) in [5.41, 5.74) is 0.360. The minimum Gasteiger partial charge on any atom is -0.483 e. The molecule has 1 aromatic heterocycles. The van der Waals surface area contributed by atoms with Gasteiger partial charge in [0, 0.05) is 17.4 Å². The maximum absolute atomic E-state index is 13.6. The number of nitrogens with zero attached hydrogens (tertiary/aromatic N) is 3. The predicted octanol–water partition coefficient (Wildman–Crippen LogP) is 2.11. The highest BCUT2D eigenvalue weighted by Crippen LogP contribution is 2.46. The van der Waals surface area contributed by atoms with Gasteiger partial charge in [-0.2, -0.15) is 0 Å². The van der Waals surface area contributed by atoms with Crippen LogP contribution in [0.3, 0.4) is 0 Å². The molecule has 9 nitrogen and oxygen atoms in total. The maximum atomic E-state index is 13.6. The van der Waals surface area contributed by atoms with Gasteiger partial charge in [0.2, 0.25) is 0 Å². The van der Waals surface area contributed by atoms with E-state index in [0.717, 1.165) is 16.4 Å². The molecule has 1 unspecified atom stereocenters. The minimum atomic E-state index is -3.47. The number of allylic oxidation sites excluding steroid dienone is 1. The normalized spacial score (nSPS) is 18.2. The van der Waals surface area contributed by atoms with Crippen LogP contribution in [0.4, 0.5) is 0 Å². The van der Waals surface area contributed by atoms with Gasteiger partial charge in [0.05, 0.1) is 17.1 Å². The molecule has 0 bridgehead atoms. The first-order valence-corrected chi connectivity index (χ1v) is 12.6. The first-order chi connectivity index (χ1) is 15.9. The quantitative estimate of drug-likeness (QED) is 0.419. The second-order valence-electron chi connectivity index (χ2n) is 9.08. The number of fused-ring (bicyclic) bond motifs is 5. The summed E-state index contributed by atoms with van der Waals surface area (Å²) in [7, 11) is -3.47. The lowest BCUT2D eigenvalue weighted by atomic mass is 9.83. The highest BCUT2D eigenvalue weighted by molar-refractivity contribution is 7.90. The number of carbonyl (C=O) groups is 1. The van der Waals surface area contributed by atoms with Crippen LogP contribution in [0.5, 0.6) is 5.75 Å². The van der Waals surface area contributed by atoms with Crippen molar-refractivity contribution in [3.05, 3.63) is 86.2 Å². The Bertz CT molecular complexity index is 1620. The number of carbonyl (C=O) groups excluding carboxylic acids is 1. The summed E-state index contributed by atoms with van der Waals surface area (Å²) in [6.45, 7) is 5.32. The van der Waals surface area contributed by atoms with E-state index in [0.29, 0.717) is 22.6 Å². The molecule has 2 aliphatic heterocycles. The van der Waals surface area contributed by atoms with E-state index in [9.17, 15) is 22.8 Å². The number of hydrogen-bond donors (Lipinski definition) is 0. The van der Waals surface area contributed by atoms with E-state index in [1.54, 1.807) is 30.3 Å². The molecule has 0 saturated carbocycles. The van der Waals surface area contributed by atoms with Crippen molar-refractivity contribution in [2.75, 3.05) is 6.26 Å². The second kappa shape index (κ2) is 7.17. The molecule has 0 N–H and O–H groups in total. The number of ether oxygens (including phenoxy) is 1. The third-order valence-electron chi connectivity index (χ3n) is 6.38. The molecular weight excluding hydrogens is 458 g/mol. The molecule has 0 aliphatic carbocycles. The number of hydrogen-bond acceptors (Lipinski definition) is 6. The highest BCUT2D eigenvalue weighted by Gasteiger charge is 2.44. The predicted molar refractivity (Wildman–Crippen MR) is 125 cm³/mol. The van der Waals surface area contributed by atoms with Gasteiger partial charge in [0.25, 0.3) is 0 Å². The number of rotatable bonds is 3. The van der Waals surface area contributed by atoms with Crippen molar-refractivity contribution in [2.24, 2.45) is 0 Å². The average molecular weight is 482 g/mol. The van der Waals surface area contributed by atoms with Gasteiger partial charge in [-0.3, -0.25) is 4.79 Å². The summed E-state index contributed by atoms with van der Waals surface area (Å²) in [5.74, 6) is 0.233. The van der Waals surface area contributed by atoms with Crippen molar-refractivity contribution >= 4 is 15.6 Å². The number of Topliss-reactive ketones (excluding diaryl/α,β-unsaturated/α-hetero) is 1. The molecule has 1 atom stereocenters. The fourth-order valence-corrected chi connectivity index (χ4v) is 5.31. The zero-order chi connectivity index (χ0) is 24.6. The monoisotopic (exact) mass is 481 g/mol. The highest BCUT2D eigenvalue weighted by atomic mass is 32.2. The Hall–Kier alpha value is -3.66. The zero-order valence-corrected chi connectivity index (χ0v) is 19.9. The average Bonchev–Trinajstić information content (AvgIpc) is 3.02. The van der Waals surface area contributed by atoms with Crippen molar-refractivity contribution in [1.82, 2.24) is 13.9 Å². The van der Waals surface area contributed by atoms with E-state index in [1.165, 1.54) is 28.4 Å². The van der Waals surface area contributed by atoms with Crippen molar-refractivity contribution in [1.29, 1.82) is 0 Å². The Morgan fingerprint density at radius 1 is 1.06 bits per heavy atom. The smallest absolute Gasteiger partial charge is 0.352 e. The fourth-order valence-electron chi connectivity index (χ4n) is 4.67. The van der Waals surface area contributed by atoms with Gasteiger partial charge in [0.15, 0.2) is 15.6 Å². The third-order valence-corrected chi connectivity index (χ3v) is 7.49.